The molecule has 0 bridgehead atoms. The third-order valence-electron chi connectivity index (χ3n) is 13.4. The third kappa shape index (κ3) is 46.9. The molecule has 0 fully saturated rings. The van der Waals surface area contributed by atoms with Crippen LogP contribution >= 0.6 is 0 Å². The van der Waals surface area contributed by atoms with Crippen LogP contribution in [0, 0.1) is 0 Å². The summed E-state index contributed by atoms with van der Waals surface area (Å²) < 4.78 is 0. The largest absolute Gasteiger partial charge is 0.394 e. The number of aliphatic hydroxyl groups excluding tert-OH is 3. The van der Waals surface area contributed by atoms with Crippen LogP contribution in [-0.4, -0.2) is 46.1 Å². The summed E-state index contributed by atoms with van der Waals surface area (Å²) in [6, 6.07) is -0.794. The summed E-state index contributed by atoms with van der Waals surface area (Å²) in [5.41, 5.74) is 0. The molecule has 4 N–H and O–H groups in total. The molecule has 0 aromatic heterocycles. The number of aliphatic hydroxyl groups is 3. The zero-order chi connectivity index (χ0) is 44.4. The Morgan fingerprint density at radius 3 is 0.902 bits per heavy atom. The van der Waals surface area contributed by atoms with Crippen LogP contribution in [0.1, 0.15) is 316 Å². The summed E-state index contributed by atoms with van der Waals surface area (Å²) in [5, 5.41) is 33.4. The molecule has 0 aliphatic carbocycles. The predicted molar refractivity (Wildman–Crippen MR) is 269 cm³/mol. The van der Waals surface area contributed by atoms with Gasteiger partial charge >= 0.3 is 0 Å². The first-order valence-electron chi connectivity index (χ1n) is 28.0. The van der Waals surface area contributed by atoms with Gasteiger partial charge in [0, 0.05) is 0 Å². The van der Waals surface area contributed by atoms with Gasteiger partial charge in [-0.15, -0.1) is 0 Å². The quantitative estimate of drug-likeness (QED) is 0.0362. The highest BCUT2D eigenvalue weighted by Crippen LogP contribution is 2.18. The van der Waals surface area contributed by atoms with E-state index >= 15 is 0 Å². The molecule has 0 saturated carbocycles. The monoisotopic (exact) mass is 862 g/mol. The van der Waals surface area contributed by atoms with Gasteiger partial charge in [0.1, 0.15) is 6.10 Å². The maximum Gasteiger partial charge on any atom is 0.249 e. The predicted octanol–water partition coefficient (Wildman–Crippen LogP) is 17.1. The summed E-state index contributed by atoms with van der Waals surface area (Å²) in [6.45, 7) is 4.23. The van der Waals surface area contributed by atoms with Gasteiger partial charge in [-0.2, -0.15) is 0 Å². The highest BCUT2D eigenvalue weighted by molar-refractivity contribution is 5.80. The number of allylic oxidation sites excluding steroid dienone is 1. The van der Waals surface area contributed by atoms with E-state index in [1.807, 2.05) is 6.08 Å². The molecule has 0 heterocycles. The first kappa shape index (κ1) is 60.1. The molecule has 3 atom stereocenters. The number of hydrogen-bond donors (Lipinski definition) is 4. The van der Waals surface area contributed by atoms with Gasteiger partial charge in [0.15, 0.2) is 0 Å². The Bertz CT molecular complexity index is 864. The summed E-state index contributed by atoms with van der Waals surface area (Å²) in [4.78, 5) is 12.5. The Balaban J connectivity index is 3.54. The molecule has 3 unspecified atom stereocenters. The Morgan fingerprint density at radius 2 is 0.639 bits per heavy atom. The van der Waals surface area contributed by atoms with E-state index in [1.165, 1.54) is 263 Å². The fourth-order valence-corrected chi connectivity index (χ4v) is 9.01. The van der Waals surface area contributed by atoms with Gasteiger partial charge in [-0.3, -0.25) is 4.79 Å². The molecule has 1 amide bonds. The fourth-order valence-electron chi connectivity index (χ4n) is 9.01. The molecule has 0 aromatic rings. The molecular weight excluding hydrogens is 751 g/mol. The van der Waals surface area contributed by atoms with Gasteiger partial charge in [-0.1, -0.05) is 309 Å². The fraction of sp³-hybridized carbons (Fsp3) is 0.946. The van der Waals surface area contributed by atoms with Gasteiger partial charge in [0.25, 0.3) is 0 Å². The third-order valence-corrected chi connectivity index (χ3v) is 13.4. The summed E-state index contributed by atoms with van der Waals surface area (Å²) >= 11 is 0. The number of rotatable bonds is 52. The van der Waals surface area contributed by atoms with Crippen molar-refractivity contribution in [1.29, 1.82) is 0 Å². The Morgan fingerprint density at radius 1 is 0.393 bits per heavy atom. The lowest BCUT2D eigenvalue weighted by Crippen LogP contribution is -2.48. The Hall–Kier alpha value is -0.910. The maximum absolute atomic E-state index is 12.5. The van der Waals surface area contributed by atoms with E-state index in [2.05, 4.69) is 19.2 Å². The average molecular weight is 863 g/mol. The lowest BCUT2D eigenvalue weighted by molar-refractivity contribution is -0.131. The second-order valence-electron chi connectivity index (χ2n) is 19.5. The smallest absolute Gasteiger partial charge is 0.249 e. The molecule has 5 heteroatoms. The Labute approximate surface area is 382 Å². The van der Waals surface area contributed by atoms with Gasteiger partial charge in [0.2, 0.25) is 5.91 Å². The topological polar surface area (TPSA) is 89.8 Å². The summed E-state index contributed by atoms with van der Waals surface area (Å²) in [7, 11) is 0. The van der Waals surface area contributed by atoms with Crippen LogP contribution < -0.4 is 5.32 Å². The van der Waals surface area contributed by atoms with Crippen molar-refractivity contribution in [3.05, 3.63) is 12.2 Å². The van der Waals surface area contributed by atoms with Crippen molar-refractivity contribution in [3.63, 3.8) is 0 Å². The lowest BCUT2D eigenvalue weighted by Gasteiger charge is -2.21. The van der Waals surface area contributed by atoms with Crippen molar-refractivity contribution in [1.82, 2.24) is 5.32 Å². The molecule has 5 nitrogen and oxygen atoms in total. The van der Waals surface area contributed by atoms with Gasteiger partial charge in [0.05, 0.1) is 18.8 Å². The average Bonchev–Trinajstić information content (AvgIpc) is 3.26. The summed E-state index contributed by atoms with van der Waals surface area (Å²) in [5.74, 6) is -0.496. The lowest BCUT2D eigenvalue weighted by atomic mass is 10.0. The van der Waals surface area contributed by atoms with E-state index in [9.17, 15) is 20.1 Å². The first-order chi connectivity index (χ1) is 30.1. The van der Waals surface area contributed by atoms with Crippen molar-refractivity contribution < 1.29 is 20.1 Å². The normalized spacial score (nSPS) is 13.3. The zero-order valence-corrected chi connectivity index (χ0v) is 41.6. The SMILES string of the molecule is CCCCCCCCCCCCCCCCCCCCCCCCC/C=C/C(O)C(CO)NC(=O)C(O)CCCCCCCCCCCCCCCCCCCCCCCC. The van der Waals surface area contributed by atoms with Crippen molar-refractivity contribution in [2.45, 2.75) is 334 Å². The van der Waals surface area contributed by atoms with Crippen LogP contribution in [-0.2, 0) is 4.79 Å². The number of hydrogen-bond acceptors (Lipinski definition) is 4. The number of nitrogens with one attached hydrogen (secondary N) is 1. The molecule has 0 aromatic carbocycles. The minimum atomic E-state index is -1.09. The number of carbonyl (C=O) groups is 1. The van der Waals surface area contributed by atoms with Crippen molar-refractivity contribution >= 4 is 5.91 Å². The van der Waals surface area contributed by atoms with E-state index in [4.69, 9.17) is 0 Å². The highest BCUT2D eigenvalue weighted by Gasteiger charge is 2.22. The van der Waals surface area contributed by atoms with E-state index in [1.54, 1.807) is 6.08 Å². The zero-order valence-electron chi connectivity index (χ0n) is 41.6. The number of carbonyl (C=O) groups excluding carboxylic acids is 1. The first-order valence-corrected chi connectivity index (χ1v) is 28.0. The maximum atomic E-state index is 12.5. The molecule has 0 saturated heterocycles. The minimum Gasteiger partial charge on any atom is -0.394 e. The van der Waals surface area contributed by atoms with Crippen LogP contribution in [0.15, 0.2) is 12.2 Å². The molecule has 0 rings (SSSR count). The Kier molecular flexibility index (Phi) is 51.0. The molecule has 0 radical (unpaired) electrons. The second-order valence-corrected chi connectivity index (χ2v) is 19.5. The van der Waals surface area contributed by atoms with Crippen LogP contribution in [0.4, 0.5) is 0 Å². The molecule has 0 spiro atoms. The van der Waals surface area contributed by atoms with Crippen molar-refractivity contribution in [2.75, 3.05) is 6.61 Å². The molecule has 0 aliphatic rings. The van der Waals surface area contributed by atoms with Gasteiger partial charge in [-0.25, -0.2) is 0 Å². The number of amides is 1. The van der Waals surface area contributed by atoms with Crippen LogP contribution in [0.5, 0.6) is 0 Å². The highest BCUT2D eigenvalue weighted by atomic mass is 16.3. The van der Waals surface area contributed by atoms with Crippen LogP contribution in [0.3, 0.4) is 0 Å². The van der Waals surface area contributed by atoms with Crippen LogP contribution in [0.25, 0.3) is 0 Å². The van der Waals surface area contributed by atoms with Crippen molar-refractivity contribution in [3.8, 4) is 0 Å². The molecular formula is C56H111NO4. The molecule has 364 valence electrons. The number of unbranched alkanes of at least 4 members (excludes halogenated alkanes) is 44. The van der Waals surface area contributed by atoms with E-state index < -0.39 is 24.2 Å². The minimum absolute atomic E-state index is 0.358. The van der Waals surface area contributed by atoms with Crippen LogP contribution in [0.2, 0.25) is 0 Å². The second kappa shape index (κ2) is 51.7. The van der Waals surface area contributed by atoms with E-state index in [0.717, 1.165) is 32.1 Å². The van der Waals surface area contributed by atoms with E-state index in [-0.39, 0.29) is 6.61 Å². The van der Waals surface area contributed by atoms with Gasteiger partial charge < -0.3 is 20.6 Å². The van der Waals surface area contributed by atoms with Gasteiger partial charge in [-0.05, 0) is 19.3 Å². The van der Waals surface area contributed by atoms with Crippen molar-refractivity contribution in [2.24, 2.45) is 0 Å². The summed E-state index contributed by atoms with van der Waals surface area (Å²) in [6.07, 6.45) is 64.3. The molecule has 61 heavy (non-hydrogen) atoms. The standard InChI is InChI=1S/C56H111NO4/c1-3-5-7-9-11-13-15-17-19-21-23-25-27-28-29-31-32-34-36-38-40-42-44-46-48-50-54(59)53(52-58)57-56(61)55(60)51-49-47-45-43-41-39-37-35-33-30-26-24-22-20-18-16-14-12-10-8-6-4-2/h48,50,53-55,58-60H,3-47,49,51-52H2,1-2H3,(H,57,61)/b50-48+. The molecule has 0 aliphatic heterocycles. The van der Waals surface area contributed by atoms with E-state index in [0.29, 0.717) is 6.42 Å².